The number of aromatic nitrogens is 2. The maximum absolute atomic E-state index is 11.1. The Kier molecular flexibility index (Phi) is 5.08. The molecule has 0 amide bonds. The second kappa shape index (κ2) is 6.34. The fraction of sp³-hybridized carbons (Fsp3) is 0.727. The Morgan fingerprint density at radius 1 is 1.44 bits per heavy atom. The number of hydrogen-bond acceptors (Lipinski definition) is 5. The van der Waals surface area contributed by atoms with Crippen LogP contribution < -0.4 is 10.6 Å². The van der Waals surface area contributed by atoms with Crippen molar-refractivity contribution in [2.45, 2.75) is 26.7 Å². The fourth-order valence-corrected chi connectivity index (χ4v) is 1.75. The van der Waals surface area contributed by atoms with Crippen LogP contribution in [0.5, 0.6) is 0 Å². The lowest BCUT2D eigenvalue weighted by Gasteiger charge is -2.06. The molecule has 0 fully saturated rings. The molecule has 0 atom stereocenters. The van der Waals surface area contributed by atoms with Gasteiger partial charge in [0, 0.05) is 26.1 Å². The summed E-state index contributed by atoms with van der Waals surface area (Å²) in [6.45, 7) is 8.09. The number of nitrogens with one attached hydrogen (secondary N) is 2. The standard InChI is InChI=1S/C11H21N5O2/c1-5-12-6-7-13-11-10(16(17)18)9(8(2)3)14-15(11)4/h8,12-13H,5-7H2,1-4H3. The Balaban J connectivity index is 2.92. The Morgan fingerprint density at radius 2 is 2.11 bits per heavy atom. The van der Waals surface area contributed by atoms with Gasteiger partial charge < -0.3 is 10.6 Å². The fourth-order valence-electron chi connectivity index (χ4n) is 1.75. The van der Waals surface area contributed by atoms with Gasteiger partial charge in [-0.1, -0.05) is 20.8 Å². The zero-order valence-electron chi connectivity index (χ0n) is 11.4. The molecule has 1 aromatic rings. The molecule has 1 heterocycles. The molecule has 102 valence electrons. The normalized spacial score (nSPS) is 10.9. The molecule has 2 N–H and O–H groups in total. The van der Waals surface area contributed by atoms with Crippen LogP contribution in [-0.2, 0) is 7.05 Å². The molecular formula is C11H21N5O2. The Morgan fingerprint density at radius 3 is 2.61 bits per heavy atom. The molecular weight excluding hydrogens is 234 g/mol. The molecule has 18 heavy (non-hydrogen) atoms. The molecule has 7 heteroatoms. The maximum atomic E-state index is 11.1. The Hall–Kier alpha value is -1.63. The van der Waals surface area contributed by atoms with Crippen molar-refractivity contribution in [2.24, 2.45) is 7.05 Å². The van der Waals surface area contributed by atoms with Gasteiger partial charge in [0.25, 0.3) is 0 Å². The van der Waals surface area contributed by atoms with Crippen molar-refractivity contribution in [3.05, 3.63) is 15.8 Å². The second-order valence-corrected chi connectivity index (χ2v) is 4.40. The Bertz CT molecular complexity index is 414. The van der Waals surface area contributed by atoms with Gasteiger partial charge in [0.2, 0.25) is 5.82 Å². The van der Waals surface area contributed by atoms with E-state index in [-0.39, 0.29) is 16.5 Å². The first kappa shape index (κ1) is 14.4. The first-order valence-electron chi connectivity index (χ1n) is 6.14. The van der Waals surface area contributed by atoms with Gasteiger partial charge >= 0.3 is 5.69 Å². The second-order valence-electron chi connectivity index (χ2n) is 4.40. The quantitative estimate of drug-likeness (QED) is 0.438. The molecule has 0 aromatic carbocycles. The van der Waals surface area contributed by atoms with E-state index in [9.17, 15) is 10.1 Å². The highest BCUT2D eigenvalue weighted by Gasteiger charge is 2.27. The van der Waals surface area contributed by atoms with Crippen molar-refractivity contribution in [1.29, 1.82) is 0 Å². The van der Waals surface area contributed by atoms with E-state index in [1.165, 1.54) is 0 Å². The van der Waals surface area contributed by atoms with Gasteiger partial charge in [0.1, 0.15) is 5.69 Å². The zero-order chi connectivity index (χ0) is 13.7. The van der Waals surface area contributed by atoms with Crippen LogP contribution in [0.25, 0.3) is 0 Å². The Labute approximate surface area is 107 Å². The summed E-state index contributed by atoms with van der Waals surface area (Å²) in [5.41, 5.74) is 0.609. The van der Waals surface area contributed by atoms with Crippen molar-refractivity contribution in [3.63, 3.8) is 0 Å². The van der Waals surface area contributed by atoms with Crippen LogP contribution in [0.3, 0.4) is 0 Å². The summed E-state index contributed by atoms with van der Waals surface area (Å²) >= 11 is 0. The number of nitro groups is 1. The number of nitrogens with zero attached hydrogens (tertiary/aromatic N) is 3. The third-order valence-electron chi connectivity index (χ3n) is 2.62. The smallest absolute Gasteiger partial charge is 0.334 e. The zero-order valence-corrected chi connectivity index (χ0v) is 11.4. The summed E-state index contributed by atoms with van der Waals surface area (Å²) in [4.78, 5) is 10.8. The van der Waals surface area contributed by atoms with E-state index in [2.05, 4.69) is 15.7 Å². The maximum Gasteiger partial charge on any atom is 0.334 e. The number of anilines is 1. The summed E-state index contributed by atoms with van der Waals surface area (Å²) in [7, 11) is 1.72. The number of likely N-dealkylation sites (N-methyl/N-ethyl adjacent to an activating group) is 1. The first-order chi connectivity index (χ1) is 8.49. The third-order valence-corrected chi connectivity index (χ3v) is 2.62. The third kappa shape index (κ3) is 3.19. The summed E-state index contributed by atoms with van der Waals surface area (Å²) in [6.07, 6.45) is 0. The van der Waals surface area contributed by atoms with Crippen molar-refractivity contribution >= 4 is 11.5 Å². The van der Waals surface area contributed by atoms with E-state index in [0.717, 1.165) is 13.1 Å². The van der Waals surface area contributed by atoms with E-state index in [1.54, 1.807) is 11.7 Å². The molecule has 0 aliphatic carbocycles. The minimum absolute atomic E-state index is 0.0286. The topological polar surface area (TPSA) is 85.0 Å². The van der Waals surface area contributed by atoms with E-state index in [4.69, 9.17) is 0 Å². The highest BCUT2D eigenvalue weighted by Crippen LogP contribution is 2.32. The minimum atomic E-state index is -0.363. The monoisotopic (exact) mass is 255 g/mol. The molecule has 0 aliphatic heterocycles. The lowest BCUT2D eigenvalue weighted by atomic mass is 10.1. The molecule has 0 bridgehead atoms. The SMILES string of the molecule is CCNCCNc1c([N+](=O)[O-])c(C(C)C)nn1C. The van der Waals surface area contributed by atoms with Gasteiger partial charge in [0.15, 0.2) is 0 Å². The number of rotatable bonds is 7. The van der Waals surface area contributed by atoms with E-state index < -0.39 is 0 Å². The lowest BCUT2D eigenvalue weighted by Crippen LogP contribution is -2.22. The van der Waals surface area contributed by atoms with Crippen LogP contribution in [0, 0.1) is 10.1 Å². The summed E-state index contributed by atoms with van der Waals surface area (Å²) in [5.74, 6) is 0.502. The summed E-state index contributed by atoms with van der Waals surface area (Å²) < 4.78 is 1.54. The van der Waals surface area contributed by atoms with E-state index in [0.29, 0.717) is 18.1 Å². The van der Waals surface area contributed by atoms with Crippen LogP contribution >= 0.6 is 0 Å². The highest BCUT2D eigenvalue weighted by atomic mass is 16.6. The average Bonchev–Trinajstić information content (AvgIpc) is 2.62. The predicted octanol–water partition coefficient (Wildman–Crippen LogP) is 1.47. The van der Waals surface area contributed by atoms with Crippen LogP contribution in [-0.4, -0.2) is 34.3 Å². The first-order valence-corrected chi connectivity index (χ1v) is 6.14. The largest absolute Gasteiger partial charge is 0.363 e. The molecule has 1 rings (SSSR count). The molecule has 1 aromatic heterocycles. The average molecular weight is 255 g/mol. The van der Waals surface area contributed by atoms with Crippen molar-refractivity contribution in [2.75, 3.05) is 25.0 Å². The highest BCUT2D eigenvalue weighted by molar-refractivity contribution is 5.60. The molecule has 7 nitrogen and oxygen atoms in total. The molecule has 0 unspecified atom stereocenters. The number of hydrogen-bond donors (Lipinski definition) is 2. The van der Waals surface area contributed by atoms with Gasteiger partial charge in [-0.2, -0.15) is 5.10 Å². The number of aryl methyl sites for hydroxylation is 1. The van der Waals surface area contributed by atoms with Crippen LogP contribution in [0.1, 0.15) is 32.4 Å². The molecule has 0 saturated carbocycles. The van der Waals surface area contributed by atoms with Gasteiger partial charge in [-0.15, -0.1) is 0 Å². The van der Waals surface area contributed by atoms with Gasteiger partial charge in [-0.3, -0.25) is 10.1 Å². The molecule has 0 radical (unpaired) electrons. The summed E-state index contributed by atoms with van der Waals surface area (Å²) in [5, 5.41) is 21.6. The van der Waals surface area contributed by atoms with Crippen LogP contribution in [0.4, 0.5) is 11.5 Å². The molecule has 0 aliphatic rings. The van der Waals surface area contributed by atoms with Crippen molar-refractivity contribution < 1.29 is 4.92 Å². The minimum Gasteiger partial charge on any atom is -0.363 e. The van der Waals surface area contributed by atoms with Crippen LogP contribution in [0.2, 0.25) is 0 Å². The van der Waals surface area contributed by atoms with Crippen LogP contribution in [0.15, 0.2) is 0 Å². The predicted molar refractivity (Wildman–Crippen MR) is 71.0 cm³/mol. The molecule has 0 spiro atoms. The van der Waals surface area contributed by atoms with E-state index >= 15 is 0 Å². The van der Waals surface area contributed by atoms with Crippen molar-refractivity contribution in [1.82, 2.24) is 15.1 Å². The van der Waals surface area contributed by atoms with Gasteiger partial charge in [-0.25, -0.2) is 4.68 Å². The van der Waals surface area contributed by atoms with Gasteiger partial charge in [-0.05, 0) is 6.54 Å². The lowest BCUT2D eigenvalue weighted by molar-refractivity contribution is -0.384. The van der Waals surface area contributed by atoms with Crippen molar-refractivity contribution in [3.8, 4) is 0 Å². The van der Waals surface area contributed by atoms with E-state index in [1.807, 2.05) is 20.8 Å². The van der Waals surface area contributed by atoms with Gasteiger partial charge in [0.05, 0.1) is 4.92 Å². The summed E-state index contributed by atoms with van der Waals surface area (Å²) in [6, 6.07) is 0. The molecule has 0 saturated heterocycles.